The number of aryl methyl sites for hydroxylation is 1. The Morgan fingerprint density at radius 2 is 2.00 bits per heavy atom. The molecule has 2 N–H and O–H groups in total. The van der Waals surface area contributed by atoms with Gasteiger partial charge < -0.3 is 15.2 Å². The number of hydrogen-bond donors (Lipinski definition) is 2. The van der Waals surface area contributed by atoms with Crippen molar-refractivity contribution in [2.24, 2.45) is 0 Å². The van der Waals surface area contributed by atoms with Crippen LogP contribution in [0.5, 0.6) is 5.75 Å². The molecular weight excluding hydrogens is 238 g/mol. The number of benzene rings is 1. The number of rotatable bonds is 6. The van der Waals surface area contributed by atoms with Gasteiger partial charge in [-0.15, -0.1) is 0 Å². The summed E-state index contributed by atoms with van der Waals surface area (Å²) in [4.78, 5) is 0. The predicted octanol–water partition coefficient (Wildman–Crippen LogP) is 2.69. The van der Waals surface area contributed by atoms with Gasteiger partial charge in [-0.05, 0) is 51.3 Å². The normalized spacial score (nSPS) is 13.4. The van der Waals surface area contributed by atoms with Gasteiger partial charge in [0.15, 0.2) is 0 Å². The lowest BCUT2D eigenvalue weighted by Gasteiger charge is -2.23. The Morgan fingerprint density at radius 1 is 1.32 bits per heavy atom. The first-order valence-corrected chi connectivity index (χ1v) is 6.98. The maximum Gasteiger partial charge on any atom is 0.122 e. The third-order valence-electron chi connectivity index (χ3n) is 3.02. The molecule has 0 bridgehead atoms. The predicted molar refractivity (Wildman–Crippen MR) is 79.8 cm³/mol. The van der Waals surface area contributed by atoms with Crippen LogP contribution in [0.4, 0.5) is 0 Å². The van der Waals surface area contributed by atoms with Gasteiger partial charge in [-0.2, -0.15) is 0 Å². The molecule has 0 amide bonds. The molecule has 1 atom stereocenters. The van der Waals surface area contributed by atoms with E-state index in [2.05, 4.69) is 46.0 Å². The van der Waals surface area contributed by atoms with E-state index in [1.165, 1.54) is 11.1 Å². The summed E-state index contributed by atoms with van der Waals surface area (Å²) in [5, 5.41) is 13.2. The fourth-order valence-corrected chi connectivity index (χ4v) is 1.93. The first-order chi connectivity index (χ1) is 8.83. The maximum atomic E-state index is 9.92. The zero-order valence-corrected chi connectivity index (χ0v) is 12.8. The molecule has 0 aromatic heterocycles. The lowest BCUT2D eigenvalue weighted by Crippen LogP contribution is -2.42. The molecule has 0 heterocycles. The summed E-state index contributed by atoms with van der Waals surface area (Å²) in [7, 11) is 0. The zero-order chi connectivity index (χ0) is 14.5. The van der Waals surface area contributed by atoms with E-state index in [9.17, 15) is 5.11 Å². The highest BCUT2D eigenvalue weighted by Crippen LogP contribution is 2.22. The summed E-state index contributed by atoms with van der Waals surface area (Å²) in [5.41, 5.74) is 2.47. The van der Waals surface area contributed by atoms with Crippen molar-refractivity contribution in [2.75, 3.05) is 13.2 Å². The van der Waals surface area contributed by atoms with E-state index >= 15 is 0 Å². The Hall–Kier alpha value is -1.06. The van der Waals surface area contributed by atoms with Crippen LogP contribution in [0, 0.1) is 6.92 Å². The van der Waals surface area contributed by atoms with Gasteiger partial charge in [0.25, 0.3) is 0 Å². The van der Waals surface area contributed by atoms with Gasteiger partial charge in [0.2, 0.25) is 0 Å². The Balaban J connectivity index is 2.50. The lowest BCUT2D eigenvalue weighted by atomic mass is 10.1. The molecule has 0 aliphatic carbocycles. The highest BCUT2D eigenvalue weighted by atomic mass is 16.5. The van der Waals surface area contributed by atoms with Gasteiger partial charge in [0.05, 0.1) is 0 Å². The van der Waals surface area contributed by atoms with Crippen molar-refractivity contribution >= 4 is 0 Å². The summed E-state index contributed by atoms with van der Waals surface area (Å²) >= 11 is 0. The fourth-order valence-electron chi connectivity index (χ4n) is 1.93. The minimum atomic E-state index is -0.496. The van der Waals surface area contributed by atoms with Crippen LogP contribution in [0.3, 0.4) is 0 Å². The molecule has 0 spiro atoms. The molecule has 0 saturated carbocycles. The average molecular weight is 265 g/mol. The quantitative estimate of drug-likeness (QED) is 0.831. The number of aliphatic hydroxyl groups is 1. The van der Waals surface area contributed by atoms with Crippen LogP contribution in [0.25, 0.3) is 0 Å². The molecular formula is C16H27NO2. The third-order valence-corrected chi connectivity index (χ3v) is 3.02. The van der Waals surface area contributed by atoms with E-state index in [1.807, 2.05) is 12.1 Å². The van der Waals surface area contributed by atoms with Crippen LogP contribution in [0.2, 0.25) is 0 Å². The molecule has 0 saturated heterocycles. The van der Waals surface area contributed by atoms with Crippen LogP contribution >= 0.6 is 0 Å². The molecule has 108 valence electrons. The van der Waals surface area contributed by atoms with E-state index in [-0.39, 0.29) is 5.54 Å². The van der Waals surface area contributed by atoms with E-state index < -0.39 is 6.10 Å². The van der Waals surface area contributed by atoms with Gasteiger partial charge in [0, 0.05) is 12.1 Å². The molecule has 1 unspecified atom stereocenters. The zero-order valence-electron chi connectivity index (χ0n) is 12.8. The molecule has 0 fully saturated rings. The van der Waals surface area contributed by atoms with Gasteiger partial charge in [-0.25, -0.2) is 0 Å². The monoisotopic (exact) mass is 265 g/mol. The van der Waals surface area contributed by atoms with Gasteiger partial charge >= 0.3 is 0 Å². The maximum absolute atomic E-state index is 9.92. The van der Waals surface area contributed by atoms with Crippen LogP contribution < -0.4 is 10.1 Å². The van der Waals surface area contributed by atoms with Crippen LogP contribution in [-0.2, 0) is 6.42 Å². The van der Waals surface area contributed by atoms with E-state index in [0.717, 1.165) is 12.2 Å². The number of hydrogen-bond acceptors (Lipinski definition) is 3. The van der Waals surface area contributed by atoms with Crippen molar-refractivity contribution in [1.82, 2.24) is 5.32 Å². The van der Waals surface area contributed by atoms with Crippen molar-refractivity contribution in [3.63, 3.8) is 0 Å². The Morgan fingerprint density at radius 3 is 2.58 bits per heavy atom. The Labute approximate surface area is 117 Å². The minimum Gasteiger partial charge on any atom is -0.491 e. The van der Waals surface area contributed by atoms with Gasteiger partial charge in [0.1, 0.15) is 18.5 Å². The van der Waals surface area contributed by atoms with Crippen LogP contribution in [0.15, 0.2) is 18.2 Å². The lowest BCUT2D eigenvalue weighted by molar-refractivity contribution is 0.0995. The van der Waals surface area contributed by atoms with E-state index in [1.54, 1.807) is 0 Å². The minimum absolute atomic E-state index is 0.0128. The number of nitrogens with one attached hydrogen (secondary N) is 1. The highest BCUT2D eigenvalue weighted by molar-refractivity contribution is 5.39. The van der Waals surface area contributed by atoms with Crippen molar-refractivity contribution in [3.8, 4) is 5.75 Å². The number of aliphatic hydroxyl groups excluding tert-OH is 1. The van der Waals surface area contributed by atoms with Crippen molar-refractivity contribution in [1.29, 1.82) is 0 Å². The summed E-state index contributed by atoms with van der Waals surface area (Å²) in [6.45, 7) is 11.3. The second-order valence-corrected chi connectivity index (χ2v) is 6.00. The Kier molecular flexibility index (Phi) is 5.83. The first kappa shape index (κ1) is 16.0. The van der Waals surface area contributed by atoms with Gasteiger partial charge in [-0.3, -0.25) is 0 Å². The molecule has 1 aromatic rings. The molecule has 0 radical (unpaired) electrons. The van der Waals surface area contributed by atoms with Crippen molar-refractivity contribution in [3.05, 3.63) is 29.3 Å². The second-order valence-electron chi connectivity index (χ2n) is 6.00. The van der Waals surface area contributed by atoms with E-state index in [4.69, 9.17) is 4.74 Å². The summed E-state index contributed by atoms with van der Waals surface area (Å²) in [6.07, 6.45) is 0.447. The van der Waals surface area contributed by atoms with E-state index in [0.29, 0.717) is 13.2 Å². The summed E-state index contributed by atoms with van der Waals surface area (Å²) < 4.78 is 5.75. The smallest absolute Gasteiger partial charge is 0.122 e. The van der Waals surface area contributed by atoms with Crippen molar-refractivity contribution < 1.29 is 9.84 Å². The standard InChI is InChI=1S/C16H27NO2/c1-6-14-12(2)8-7-9-15(14)19-11-13(18)10-17-16(3,4)5/h7-9,13,17-18H,6,10-11H2,1-5H3. The second kappa shape index (κ2) is 6.92. The topological polar surface area (TPSA) is 41.5 Å². The number of β-amino-alcohol motifs (C(OH)–C–C–N with tert-alkyl or cyclic N) is 1. The summed E-state index contributed by atoms with van der Waals surface area (Å²) in [6, 6.07) is 6.04. The molecule has 19 heavy (non-hydrogen) atoms. The van der Waals surface area contributed by atoms with Crippen LogP contribution in [0.1, 0.15) is 38.8 Å². The Bertz CT molecular complexity index is 396. The SMILES string of the molecule is CCc1c(C)cccc1OCC(O)CNC(C)(C)C. The van der Waals surface area contributed by atoms with Crippen LogP contribution in [-0.4, -0.2) is 29.9 Å². The number of ether oxygens (including phenoxy) is 1. The largest absolute Gasteiger partial charge is 0.491 e. The molecule has 3 nitrogen and oxygen atoms in total. The molecule has 0 aliphatic heterocycles. The molecule has 1 rings (SSSR count). The molecule has 1 aromatic carbocycles. The fraction of sp³-hybridized carbons (Fsp3) is 0.625. The third kappa shape index (κ3) is 5.62. The summed E-state index contributed by atoms with van der Waals surface area (Å²) in [5.74, 6) is 0.886. The molecule has 3 heteroatoms. The van der Waals surface area contributed by atoms with Gasteiger partial charge in [-0.1, -0.05) is 19.1 Å². The van der Waals surface area contributed by atoms with Crippen molar-refractivity contribution in [2.45, 2.75) is 52.7 Å². The average Bonchev–Trinajstić information content (AvgIpc) is 2.33. The first-order valence-electron chi connectivity index (χ1n) is 6.98. The highest BCUT2D eigenvalue weighted by Gasteiger charge is 2.13. The molecule has 0 aliphatic rings.